The molecule has 1 heterocycles. The first-order chi connectivity index (χ1) is 21.4. The van der Waals surface area contributed by atoms with E-state index in [0.29, 0.717) is 43.8 Å². The maximum atomic E-state index is 14.2. The second-order valence-electron chi connectivity index (χ2n) is 10.8. The van der Waals surface area contributed by atoms with Gasteiger partial charge in [-0.25, -0.2) is 9.78 Å². The molecule has 0 unspecified atom stereocenters. The van der Waals surface area contributed by atoms with Crippen molar-refractivity contribution in [2.45, 2.75) is 45.6 Å². The summed E-state index contributed by atoms with van der Waals surface area (Å²) in [5.74, 6) is -0.540. The number of carbonyl (C=O) groups is 3. The van der Waals surface area contributed by atoms with Crippen molar-refractivity contribution in [2.24, 2.45) is 5.92 Å². The molecule has 0 saturated carbocycles. The maximum Gasteiger partial charge on any atom is 0.335 e. The van der Waals surface area contributed by atoms with E-state index in [0.717, 1.165) is 35.4 Å². The number of nitrogens with zero attached hydrogens (tertiary/aromatic N) is 3. The third-order valence-electron chi connectivity index (χ3n) is 7.61. The van der Waals surface area contributed by atoms with Gasteiger partial charge in [-0.05, 0) is 48.1 Å². The minimum Gasteiger partial charge on any atom is -0.478 e. The molecule has 44 heavy (non-hydrogen) atoms. The Bertz CT molecular complexity index is 1510. The Hall–Kier alpha value is -4.37. The average molecular weight is 613 g/mol. The molecule has 0 radical (unpaired) electrons. The Morgan fingerprint density at radius 3 is 2.18 bits per heavy atom. The summed E-state index contributed by atoms with van der Waals surface area (Å²) < 4.78 is 1.91. The first kappa shape index (κ1) is 32.5. The highest BCUT2D eigenvalue weighted by molar-refractivity contribution is 7.80. The van der Waals surface area contributed by atoms with Crippen molar-refractivity contribution in [3.05, 3.63) is 125 Å². The van der Waals surface area contributed by atoms with E-state index in [1.807, 2.05) is 65.2 Å². The fraction of sp³-hybridized carbons (Fsp3) is 0.314. The second-order valence-corrected chi connectivity index (χ2v) is 11.2. The number of thiol groups is 1. The van der Waals surface area contributed by atoms with Crippen molar-refractivity contribution >= 4 is 30.4 Å². The third-order valence-corrected chi connectivity index (χ3v) is 8.05. The number of aromatic nitrogens is 2. The van der Waals surface area contributed by atoms with Gasteiger partial charge in [0, 0.05) is 25.3 Å². The molecule has 0 aliphatic rings. The summed E-state index contributed by atoms with van der Waals surface area (Å²) in [4.78, 5) is 45.1. The average Bonchev–Trinajstić information content (AvgIpc) is 3.45. The standard InChI is InChI=1S/C35H40N4O4S/c1-2-3-14-32-36-22-31(39(32)23-28-15-17-29(18-16-28)35(42)43)34(41)38(20-19-26-10-6-4-7-11-26)25-37-33(40)30(24-44)21-27-12-8-5-9-13-27/h4-13,15-18,22,30,44H,2-3,14,19-21,23-25H2,1H3,(H,37,40)(H,42,43)/t30-/m1/s1. The molecule has 2 N–H and O–H groups in total. The van der Waals surface area contributed by atoms with E-state index in [9.17, 15) is 19.5 Å². The van der Waals surface area contributed by atoms with Gasteiger partial charge in [0.25, 0.3) is 5.91 Å². The van der Waals surface area contributed by atoms with Crippen LogP contribution in [-0.4, -0.2) is 56.3 Å². The lowest BCUT2D eigenvalue weighted by Crippen LogP contribution is -2.45. The number of hydrogen-bond acceptors (Lipinski definition) is 5. The Labute approximate surface area is 264 Å². The van der Waals surface area contributed by atoms with Crippen molar-refractivity contribution < 1.29 is 19.5 Å². The van der Waals surface area contributed by atoms with Gasteiger partial charge < -0.3 is 19.9 Å². The van der Waals surface area contributed by atoms with Crippen LogP contribution in [0.4, 0.5) is 0 Å². The molecule has 1 aromatic heterocycles. The quantitative estimate of drug-likeness (QED) is 0.114. The van der Waals surface area contributed by atoms with E-state index in [1.165, 1.54) is 0 Å². The highest BCUT2D eigenvalue weighted by atomic mass is 32.1. The zero-order chi connectivity index (χ0) is 31.3. The van der Waals surface area contributed by atoms with Crippen molar-refractivity contribution in [1.29, 1.82) is 0 Å². The zero-order valence-corrected chi connectivity index (χ0v) is 26.0. The maximum absolute atomic E-state index is 14.2. The Morgan fingerprint density at radius 2 is 1.57 bits per heavy atom. The van der Waals surface area contributed by atoms with Gasteiger partial charge in [-0.1, -0.05) is 86.1 Å². The Morgan fingerprint density at radius 1 is 0.909 bits per heavy atom. The highest BCUT2D eigenvalue weighted by Gasteiger charge is 2.24. The minimum absolute atomic E-state index is 0.0480. The topological polar surface area (TPSA) is 105 Å². The van der Waals surface area contributed by atoms with Crippen LogP contribution in [-0.2, 0) is 30.6 Å². The molecule has 4 rings (SSSR count). The molecule has 3 aromatic carbocycles. The molecule has 0 saturated heterocycles. The van der Waals surface area contributed by atoms with Crippen LogP contribution in [0.5, 0.6) is 0 Å². The van der Waals surface area contributed by atoms with Crippen LogP contribution in [0, 0.1) is 5.92 Å². The summed E-state index contributed by atoms with van der Waals surface area (Å²) in [5.41, 5.74) is 3.64. The summed E-state index contributed by atoms with van der Waals surface area (Å²) in [6.07, 6.45) is 5.40. The van der Waals surface area contributed by atoms with Crippen LogP contribution >= 0.6 is 12.6 Å². The van der Waals surface area contributed by atoms with Gasteiger partial charge in [0.05, 0.1) is 24.3 Å². The lowest BCUT2D eigenvalue weighted by Gasteiger charge is -2.25. The lowest BCUT2D eigenvalue weighted by atomic mass is 10.0. The normalized spacial score (nSPS) is 11.6. The number of amides is 2. The fourth-order valence-electron chi connectivity index (χ4n) is 5.01. The van der Waals surface area contributed by atoms with E-state index < -0.39 is 5.97 Å². The summed E-state index contributed by atoms with van der Waals surface area (Å²) in [6.45, 7) is 2.92. The third kappa shape index (κ3) is 9.07. The van der Waals surface area contributed by atoms with Crippen molar-refractivity contribution in [1.82, 2.24) is 19.8 Å². The Kier molecular flexibility index (Phi) is 12.2. The van der Waals surface area contributed by atoms with Gasteiger partial charge in [0.15, 0.2) is 0 Å². The molecule has 0 bridgehead atoms. The number of rotatable bonds is 16. The largest absolute Gasteiger partial charge is 0.478 e. The summed E-state index contributed by atoms with van der Waals surface area (Å²) in [7, 11) is 0. The first-order valence-electron chi connectivity index (χ1n) is 15.0. The van der Waals surface area contributed by atoms with E-state index in [-0.39, 0.29) is 30.0 Å². The SMILES string of the molecule is CCCCc1ncc(C(=O)N(CCc2ccccc2)CNC(=O)[C@@H](CS)Cc2ccccc2)n1Cc1ccc(C(=O)O)cc1. The van der Waals surface area contributed by atoms with Gasteiger partial charge in [0.2, 0.25) is 5.91 Å². The molecule has 0 spiro atoms. The molecule has 0 aliphatic heterocycles. The molecule has 230 valence electrons. The van der Waals surface area contributed by atoms with Crippen LogP contribution < -0.4 is 5.32 Å². The number of imidazole rings is 1. The molecule has 0 aliphatic carbocycles. The van der Waals surface area contributed by atoms with Gasteiger partial charge >= 0.3 is 5.97 Å². The predicted molar refractivity (Wildman–Crippen MR) is 175 cm³/mol. The molecule has 9 heteroatoms. The van der Waals surface area contributed by atoms with Crippen LogP contribution in [0.1, 0.15) is 63.1 Å². The molecule has 4 aromatic rings. The number of benzene rings is 3. The number of carbonyl (C=O) groups excluding carboxylic acids is 2. The monoisotopic (exact) mass is 612 g/mol. The van der Waals surface area contributed by atoms with Crippen LogP contribution in [0.3, 0.4) is 0 Å². The second kappa shape index (κ2) is 16.5. The Balaban J connectivity index is 1.57. The summed E-state index contributed by atoms with van der Waals surface area (Å²) >= 11 is 4.44. The van der Waals surface area contributed by atoms with E-state index in [1.54, 1.807) is 35.4 Å². The molecule has 1 atom stereocenters. The predicted octanol–water partition coefficient (Wildman–Crippen LogP) is 5.52. The van der Waals surface area contributed by atoms with Gasteiger partial charge in [-0.15, -0.1) is 0 Å². The van der Waals surface area contributed by atoms with Crippen LogP contribution in [0.2, 0.25) is 0 Å². The van der Waals surface area contributed by atoms with Crippen molar-refractivity contribution in [2.75, 3.05) is 19.0 Å². The molecular formula is C35H40N4O4S. The lowest BCUT2D eigenvalue weighted by molar-refractivity contribution is -0.124. The number of aromatic carboxylic acids is 1. The van der Waals surface area contributed by atoms with Gasteiger partial charge in [-0.2, -0.15) is 12.6 Å². The number of nitrogens with one attached hydrogen (secondary N) is 1. The zero-order valence-electron chi connectivity index (χ0n) is 25.1. The van der Waals surface area contributed by atoms with E-state index in [2.05, 4.69) is 29.9 Å². The van der Waals surface area contributed by atoms with E-state index >= 15 is 0 Å². The van der Waals surface area contributed by atoms with Crippen molar-refractivity contribution in [3.8, 4) is 0 Å². The first-order valence-corrected chi connectivity index (χ1v) is 15.6. The smallest absolute Gasteiger partial charge is 0.335 e. The molecule has 8 nitrogen and oxygen atoms in total. The number of aryl methyl sites for hydroxylation is 1. The number of carboxylic acids is 1. The molecule has 2 amide bonds. The summed E-state index contributed by atoms with van der Waals surface area (Å²) in [5, 5.41) is 12.3. The number of hydrogen-bond donors (Lipinski definition) is 3. The van der Waals surface area contributed by atoms with Gasteiger partial charge in [0.1, 0.15) is 11.5 Å². The van der Waals surface area contributed by atoms with Crippen LogP contribution in [0.15, 0.2) is 91.1 Å². The minimum atomic E-state index is -0.987. The highest BCUT2D eigenvalue weighted by Crippen LogP contribution is 2.17. The number of unbranched alkanes of at least 4 members (excludes halogenated alkanes) is 1. The van der Waals surface area contributed by atoms with E-state index in [4.69, 9.17) is 0 Å². The van der Waals surface area contributed by atoms with Gasteiger partial charge in [-0.3, -0.25) is 9.59 Å². The molecule has 0 fully saturated rings. The van der Waals surface area contributed by atoms with Crippen molar-refractivity contribution in [3.63, 3.8) is 0 Å². The fourth-order valence-corrected chi connectivity index (χ4v) is 5.31. The summed E-state index contributed by atoms with van der Waals surface area (Å²) in [6, 6.07) is 26.4. The molecular weight excluding hydrogens is 572 g/mol. The number of carboxylic acid groups (broad SMARTS) is 1. The van der Waals surface area contributed by atoms with Crippen LogP contribution in [0.25, 0.3) is 0 Å².